The van der Waals surface area contributed by atoms with Crippen molar-refractivity contribution in [3.63, 3.8) is 0 Å². The van der Waals surface area contributed by atoms with Crippen molar-refractivity contribution >= 4 is 11.9 Å². The van der Waals surface area contributed by atoms with Gasteiger partial charge in [0.15, 0.2) is 0 Å². The monoisotopic (exact) mass is 251 g/mol. The Kier molecular flexibility index (Phi) is 5.13. The SMILES string of the molecule is C=CCC1(NC(=O)C(=C)CCOC(C)=O)CCC1. The van der Waals surface area contributed by atoms with Crippen LogP contribution < -0.4 is 5.32 Å². The molecule has 1 aliphatic carbocycles. The third-order valence-corrected chi connectivity index (χ3v) is 3.25. The van der Waals surface area contributed by atoms with Crippen molar-refractivity contribution in [1.29, 1.82) is 0 Å². The van der Waals surface area contributed by atoms with Crippen LogP contribution in [0.2, 0.25) is 0 Å². The highest BCUT2D eigenvalue weighted by molar-refractivity contribution is 5.93. The van der Waals surface area contributed by atoms with Crippen molar-refractivity contribution < 1.29 is 14.3 Å². The molecule has 4 heteroatoms. The zero-order chi connectivity index (χ0) is 13.6. The molecule has 0 bridgehead atoms. The van der Waals surface area contributed by atoms with Gasteiger partial charge in [0.1, 0.15) is 0 Å². The van der Waals surface area contributed by atoms with Gasteiger partial charge in [-0.2, -0.15) is 0 Å². The third-order valence-electron chi connectivity index (χ3n) is 3.25. The minimum atomic E-state index is -0.342. The molecule has 1 N–H and O–H groups in total. The molecule has 0 heterocycles. The molecule has 0 radical (unpaired) electrons. The van der Waals surface area contributed by atoms with Crippen LogP contribution in [0.15, 0.2) is 24.8 Å². The maximum absolute atomic E-state index is 11.9. The van der Waals surface area contributed by atoms with Crippen molar-refractivity contribution in [2.75, 3.05) is 6.61 Å². The molecule has 4 nitrogen and oxygen atoms in total. The molecular weight excluding hydrogens is 230 g/mol. The minimum absolute atomic E-state index is 0.122. The number of esters is 1. The summed E-state index contributed by atoms with van der Waals surface area (Å²) in [5.74, 6) is -0.492. The van der Waals surface area contributed by atoms with Crippen LogP contribution >= 0.6 is 0 Å². The summed E-state index contributed by atoms with van der Waals surface area (Å²) < 4.78 is 4.78. The smallest absolute Gasteiger partial charge is 0.302 e. The predicted molar refractivity (Wildman–Crippen MR) is 69.9 cm³/mol. The summed E-state index contributed by atoms with van der Waals surface area (Å²) in [5.41, 5.74) is 0.329. The average molecular weight is 251 g/mol. The van der Waals surface area contributed by atoms with E-state index in [0.717, 1.165) is 25.7 Å². The maximum atomic E-state index is 11.9. The van der Waals surface area contributed by atoms with Gasteiger partial charge in [-0.05, 0) is 25.7 Å². The Balaban J connectivity index is 2.37. The van der Waals surface area contributed by atoms with Crippen LogP contribution in [0.4, 0.5) is 0 Å². The molecule has 18 heavy (non-hydrogen) atoms. The molecule has 0 aliphatic heterocycles. The Hall–Kier alpha value is -1.58. The van der Waals surface area contributed by atoms with Crippen LogP contribution in [0.3, 0.4) is 0 Å². The first kappa shape index (κ1) is 14.5. The Bertz CT molecular complexity index is 356. The van der Waals surface area contributed by atoms with Crippen molar-refractivity contribution in [2.24, 2.45) is 0 Å². The van der Waals surface area contributed by atoms with E-state index in [2.05, 4.69) is 18.5 Å². The van der Waals surface area contributed by atoms with Gasteiger partial charge in [-0.25, -0.2) is 0 Å². The Morgan fingerprint density at radius 2 is 2.11 bits per heavy atom. The molecule has 1 amide bonds. The molecule has 0 spiro atoms. The third kappa shape index (κ3) is 4.02. The van der Waals surface area contributed by atoms with Crippen LogP contribution in [-0.2, 0) is 14.3 Å². The first-order valence-corrected chi connectivity index (χ1v) is 6.24. The highest BCUT2D eigenvalue weighted by Crippen LogP contribution is 2.35. The van der Waals surface area contributed by atoms with Gasteiger partial charge in [-0.1, -0.05) is 12.7 Å². The lowest BCUT2D eigenvalue weighted by molar-refractivity contribution is -0.141. The molecule has 0 aromatic rings. The maximum Gasteiger partial charge on any atom is 0.302 e. The summed E-state index contributed by atoms with van der Waals surface area (Å²) in [6.07, 6.45) is 6.10. The summed E-state index contributed by atoms with van der Waals surface area (Å²) in [6.45, 7) is 8.99. The van der Waals surface area contributed by atoms with E-state index >= 15 is 0 Å². The molecule has 0 saturated heterocycles. The van der Waals surface area contributed by atoms with Gasteiger partial charge in [0.05, 0.1) is 6.61 Å². The molecule has 1 fully saturated rings. The lowest BCUT2D eigenvalue weighted by atomic mass is 9.74. The van der Waals surface area contributed by atoms with Gasteiger partial charge in [0.25, 0.3) is 0 Å². The van der Waals surface area contributed by atoms with Crippen LogP contribution in [0, 0.1) is 0 Å². The largest absolute Gasteiger partial charge is 0.466 e. The number of carbonyl (C=O) groups is 2. The van der Waals surface area contributed by atoms with Crippen LogP contribution in [0.5, 0.6) is 0 Å². The van der Waals surface area contributed by atoms with E-state index in [4.69, 9.17) is 4.74 Å². The van der Waals surface area contributed by atoms with Crippen molar-refractivity contribution in [3.05, 3.63) is 24.8 Å². The second-order valence-corrected chi connectivity index (χ2v) is 4.77. The van der Waals surface area contributed by atoms with Crippen molar-refractivity contribution in [2.45, 2.75) is 44.6 Å². The molecule has 1 rings (SSSR count). The van der Waals surface area contributed by atoms with E-state index in [0.29, 0.717) is 12.0 Å². The fourth-order valence-electron chi connectivity index (χ4n) is 2.02. The quantitative estimate of drug-likeness (QED) is 0.428. The standard InChI is InChI=1S/C14H21NO3/c1-4-7-14(8-5-9-14)15-13(17)11(2)6-10-18-12(3)16/h4H,1-2,5-10H2,3H3,(H,15,17). The summed E-state index contributed by atoms with van der Waals surface area (Å²) >= 11 is 0. The Morgan fingerprint density at radius 3 is 2.56 bits per heavy atom. The van der Waals surface area contributed by atoms with E-state index in [9.17, 15) is 9.59 Å². The zero-order valence-electron chi connectivity index (χ0n) is 11.0. The Morgan fingerprint density at radius 1 is 1.44 bits per heavy atom. The molecule has 1 aliphatic rings. The lowest BCUT2D eigenvalue weighted by Gasteiger charge is -2.42. The number of carbonyl (C=O) groups excluding carboxylic acids is 2. The van der Waals surface area contributed by atoms with Gasteiger partial charge < -0.3 is 10.1 Å². The molecule has 0 unspecified atom stereocenters. The van der Waals surface area contributed by atoms with Crippen molar-refractivity contribution in [1.82, 2.24) is 5.32 Å². The number of hydrogen-bond acceptors (Lipinski definition) is 3. The Labute approximate surface area is 108 Å². The summed E-state index contributed by atoms with van der Waals surface area (Å²) in [6, 6.07) is 0. The number of amides is 1. The van der Waals surface area contributed by atoms with Gasteiger partial charge in [-0.15, -0.1) is 6.58 Å². The first-order valence-electron chi connectivity index (χ1n) is 6.24. The highest BCUT2D eigenvalue weighted by atomic mass is 16.5. The van der Waals surface area contributed by atoms with Gasteiger partial charge in [0.2, 0.25) is 5.91 Å². The second-order valence-electron chi connectivity index (χ2n) is 4.77. The van der Waals surface area contributed by atoms with E-state index in [1.165, 1.54) is 6.92 Å². The zero-order valence-corrected chi connectivity index (χ0v) is 11.0. The van der Waals surface area contributed by atoms with Crippen molar-refractivity contribution in [3.8, 4) is 0 Å². The highest BCUT2D eigenvalue weighted by Gasteiger charge is 2.37. The normalized spacial score (nSPS) is 16.3. The molecule has 100 valence electrons. The lowest BCUT2D eigenvalue weighted by Crippen LogP contribution is -2.53. The van der Waals surface area contributed by atoms with E-state index in [1.54, 1.807) is 0 Å². The average Bonchev–Trinajstić information content (AvgIpc) is 2.25. The second kappa shape index (κ2) is 6.38. The van der Waals surface area contributed by atoms with E-state index in [-0.39, 0.29) is 24.0 Å². The minimum Gasteiger partial charge on any atom is -0.466 e. The predicted octanol–water partition coefficient (Wildman–Crippen LogP) is 2.11. The number of rotatable bonds is 7. The fourth-order valence-corrected chi connectivity index (χ4v) is 2.02. The molecule has 0 atom stereocenters. The molecule has 1 saturated carbocycles. The van der Waals surface area contributed by atoms with E-state index in [1.807, 2.05) is 6.08 Å². The van der Waals surface area contributed by atoms with Crippen LogP contribution in [0.25, 0.3) is 0 Å². The van der Waals surface area contributed by atoms with Gasteiger partial charge >= 0.3 is 5.97 Å². The summed E-state index contributed by atoms with van der Waals surface area (Å²) in [4.78, 5) is 22.5. The fraction of sp³-hybridized carbons (Fsp3) is 0.571. The first-order chi connectivity index (χ1) is 8.49. The number of nitrogens with one attached hydrogen (secondary N) is 1. The van der Waals surface area contributed by atoms with Gasteiger partial charge in [0, 0.05) is 24.5 Å². The number of ether oxygens (including phenoxy) is 1. The molecular formula is C14H21NO3. The van der Waals surface area contributed by atoms with Crippen LogP contribution in [-0.4, -0.2) is 24.0 Å². The molecule has 0 aromatic carbocycles. The summed E-state index contributed by atoms with van der Waals surface area (Å²) in [7, 11) is 0. The topological polar surface area (TPSA) is 55.4 Å². The van der Waals surface area contributed by atoms with E-state index < -0.39 is 0 Å². The molecule has 0 aromatic heterocycles. The number of hydrogen-bond donors (Lipinski definition) is 1. The summed E-state index contributed by atoms with van der Waals surface area (Å²) in [5, 5.41) is 3.02. The van der Waals surface area contributed by atoms with Crippen LogP contribution in [0.1, 0.15) is 39.0 Å². The van der Waals surface area contributed by atoms with Gasteiger partial charge in [-0.3, -0.25) is 9.59 Å².